The van der Waals surface area contributed by atoms with E-state index < -0.39 is 0 Å². The highest BCUT2D eigenvalue weighted by Gasteiger charge is 2.27. The summed E-state index contributed by atoms with van der Waals surface area (Å²) in [6, 6.07) is 18.8. The molecule has 1 amide bonds. The van der Waals surface area contributed by atoms with E-state index in [1.165, 1.54) is 23.3 Å². The Balaban J connectivity index is 1.40. The minimum absolute atomic E-state index is 0.00883. The summed E-state index contributed by atoms with van der Waals surface area (Å²) in [6.07, 6.45) is 3.98. The Bertz CT molecular complexity index is 1280. The maximum atomic E-state index is 13.4. The number of nitrogens with zero attached hydrogens (tertiary/aromatic N) is 2. The SMILES string of the molecule is CNC(=O)CCn1ncc2cc(OC3CCc4cccc(-c5ccc(F)cc5)c43)ccc21. The van der Waals surface area contributed by atoms with Crippen LogP contribution < -0.4 is 10.1 Å². The van der Waals surface area contributed by atoms with Crippen LogP contribution in [0.5, 0.6) is 5.75 Å². The van der Waals surface area contributed by atoms with E-state index in [2.05, 4.69) is 28.6 Å². The van der Waals surface area contributed by atoms with Crippen LogP contribution in [0.1, 0.15) is 30.1 Å². The lowest BCUT2D eigenvalue weighted by molar-refractivity contribution is -0.120. The maximum absolute atomic E-state index is 13.4. The van der Waals surface area contributed by atoms with Gasteiger partial charge in [0.15, 0.2) is 0 Å². The summed E-state index contributed by atoms with van der Waals surface area (Å²) in [4.78, 5) is 11.5. The minimum Gasteiger partial charge on any atom is -0.486 e. The number of aromatic nitrogens is 2. The summed E-state index contributed by atoms with van der Waals surface area (Å²) in [5.41, 5.74) is 5.51. The largest absolute Gasteiger partial charge is 0.486 e. The van der Waals surface area contributed by atoms with Crippen LogP contribution in [-0.4, -0.2) is 22.7 Å². The molecule has 162 valence electrons. The Morgan fingerprint density at radius 3 is 2.84 bits per heavy atom. The van der Waals surface area contributed by atoms with Gasteiger partial charge in [-0.1, -0.05) is 30.3 Å². The molecular weight excluding hydrogens is 405 g/mol. The summed E-state index contributed by atoms with van der Waals surface area (Å²) in [6.45, 7) is 0.528. The summed E-state index contributed by atoms with van der Waals surface area (Å²) >= 11 is 0. The third-order valence-electron chi connectivity index (χ3n) is 6.07. The van der Waals surface area contributed by atoms with Crippen molar-refractivity contribution < 1.29 is 13.9 Å². The van der Waals surface area contributed by atoms with Crippen LogP contribution in [0, 0.1) is 5.82 Å². The van der Waals surface area contributed by atoms with Crippen molar-refractivity contribution in [3.63, 3.8) is 0 Å². The molecule has 1 atom stereocenters. The van der Waals surface area contributed by atoms with Crippen molar-refractivity contribution >= 4 is 16.8 Å². The number of hydrogen-bond donors (Lipinski definition) is 1. The smallest absolute Gasteiger partial charge is 0.221 e. The Hall–Kier alpha value is -3.67. The van der Waals surface area contributed by atoms with Crippen LogP contribution in [0.25, 0.3) is 22.0 Å². The van der Waals surface area contributed by atoms with Crippen molar-refractivity contribution in [2.45, 2.75) is 31.9 Å². The lowest BCUT2D eigenvalue weighted by Gasteiger charge is -2.18. The number of ether oxygens (including phenoxy) is 1. The van der Waals surface area contributed by atoms with Gasteiger partial charge in [0.2, 0.25) is 5.91 Å². The monoisotopic (exact) mass is 429 g/mol. The first-order valence-electron chi connectivity index (χ1n) is 10.8. The fraction of sp³-hybridized carbons (Fsp3) is 0.231. The van der Waals surface area contributed by atoms with E-state index in [1.54, 1.807) is 13.2 Å². The Kier molecular flexibility index (Phi) is 5.35. The van der Waals surface area contributed by atoms with Crippen molar-refractivity contribution in [2.24, 2.45) is 0 Å². The molecule has 5 rings (SSSR count). The second-order valence-corrected chi connectivity index (χ2v) is 8.04. The summed E-state index contributed by atoms with van der Waals surface area (Å²) in [5, 5.41) is 8.03. The van der Waals surface area contributed by atoms with Crippen LogP contribution >= 0.6 is 0 Å². The predicted octanol–water partition coefficient (Wildman–Crippen LogP) is 5.04. The molecule has 1 unspecified atom stereocenters. The molecule has 1 heterocycles. The van der Waals surface area contributed by atoms with E-state index in [-0.39, 0.29) is 17.8 Å². The summed E-state index contributed by atoms with van der Waals surface area (Å²) in [7, 11) is 1.63. The topological polar surface area (TPSA) is 56.2 Å². The van der Waals surface area contributed by atoms with Gasteiger partial charge in [-0.15, -0.1) is 0 Å². The second-order valence-electron chi connectivity index (χ2n) is 8.04. The Labute approximate surface area is 185 Å². The van der Waals surface area contributed by atoms with Gasteiger partial charge in [0.1, 0.15) is 17.7 Å². The molecule has 5 nitrogen and oxygen atoms in total. The average molecular weight is 429 g/mol. The van der Waals surface area contributed by atoms with Gasteiger partial charge in [0.25, 0.3) is 0 Å². The molecule has 1 aliphatic carbocycles. The maximum Gasteiger partial charge on any atom is 0.221 e. The number of hydrogen-bond acceptors (Lipinski definition) is 3. The van der Waals surface area contributed by atoms with Crippen molar-refractivity contribution in [3.8, 4) is 16.9 Å². The van der Waals surface area contributed by atoms with E-state index >= 15 is 0 Å². The average Bonchev–Trinajstić information content (AvgIpc) is 3.42. The number of nitrogens with one attached hydrogen (secondary N) is 1. The van der Waals surface area contributed by atoms with Gasteiger partial charge in [-0.05, 0) is 59.9 Å². The molecule has 1 aromatic heterocycles. The van der Waals surface area contributed by atoms with E-state index in [9.17, 15) is 9.18 Å². The molecule has 3 aromatic carbocycles. The van der Waals surface area contributed by atoms with Crippen LogP contribution in [0.2, 0.25) is 0 Å². The van der Waals surface area contributed by atoms with Gasteiger partial charge in [-0.3, -0.25) is 9.48 Å². The lowest BCUT2D eigenvalue weighted by atomic mass is 9.96. The highest BCUT2D eigenvalue weighted by atomic mass is 19.1. The zero-order valence-electron chi connectivity index (χ0n) is 17.8. The molecule has 0 spiro atoms. The fourth-order valence-electron chi connectivity index (χ4n) is 4.45. The van der Waals surface area contributed by atoms with Crippen LogP contribution in [0.15, 0.2) is 66.9 Å². The molecular formula is C26H24FN3O2. The molecule has 0 saturated carbocycles. The molecule has 4 aromatic rings. The fourth-order valence-corrected chi connectivity index (χ4v) is 4.45. The highest BCUT2D eigenvalue weighted by molar-refractivity contribution is 5.81. The van der Waals surface area contributed by atoms with E-state index in [4.69, 9.17) is 4.74 Å². The molecule has 1 N–H and O–H groups in total. The molecule has 0 saturated heterocycles. The number of carbonyl (C=O) groups is 1. The summed E-state index contributed by atoms with van der Waals surface area (Å²) in [5.74, 6) is 0.541. The zero-order chi connectivity index (χ0) is 22.1. The number of fused-ring (bicyclic) bond motifs is 2. The number of halogens is 1. The van der Waals surface area contributed by atoms with Crippen molar-refractivity contribution in [1.82, 2.24) is 15.1 Å². The molecule has 32 heavy (non-hydrogen) atoms. The van der Waals surface area contributed by atoms with Gasteiger partial charge in [-0.25, -0.2) is 4.39 Å². The number of carbonyl (C=O) groups excluding carboxylic acids is 1. The van der Waals surface area contributed by atoms with Gasteiger partial charge in [0, 0.05) is 24.4 Å². The normalized spacial score (nSPS) is 15.0. The first-order chi connectivity index (χ1) is 15.6. The Morgan fingerprint density at radius 1 is 1.19 bits per heavy atom. The number of benzene rings is 3. The molecule has 0 radical (unpaired) electrons. The van der Waals surface area contributed by atoms with Crippen LogP contribution in [0.4, 0.5) is 4.39 Å². The number of amides is 1. The number of rotatable bonds is 6. The van der Waals surface area contributed by atoms with E-state index in [0.29, 0.717) is 13.0 Å². The highest BCUT2D eigenvalue weighted by Crippen LogP contribution is 2.41. The third kappa shape index (κ3) is 3.84. The lowest BCUT2D eigenvalue weighted by Crippen LogP contribution is -2.19. The molecule has 1 aliphatic rings. The van der Waals surface area contributed by atoms with Crippen LogP contribution in [-0.2, 0) is 17.8 Å². The molecule has 0 fully saturated rings. The van der Waals surface area contributed by atoms with Crippen LogP contribution in [0.3, 0.4) is 0 Å². The molecule has 0 bridgehead atoms. The standard InChI is InChI=1S/C26H24FN3O2/c1-28-25(31)13-14-30-23-11-10-21(15-19(23)16-29-30)32-24-12-7-18-3-2-4-22(26(18)24)17-5-8-20(27)9-6-17/h2-6,8-11,15-16,24H,7,12-14H2,1H3,(H,28,31). The van der Waals surface area contributed by atoms with Gasteiger partial charge in [0.05, 0.1) is 18.3 Å². The second kappa shape index (κ2) is 8.46. The zero-order valence-corrected chi connectivity index (χ0v) is 17.8. The molecule has 0 aliphatic heterocycles. The molecule has 6 heteroatoms. The van der Waals surface area contributed by atoms with Crippen molar-refractivity contribution in [2.75, 3.05) is 7.05 Å². The van der Waals surface area contributed by atoms with Gasteiger partial charge in [-0.2, -0.15) is 5.10 Å². The van der Waals surface area contributed by atoms with E-state index in [1.807, 2.05) is 35.0 Å². The quantitative estimate of drug-likeness (QED) is 0.467. The Morgan fingerprint density at radius 2 is 2.03 bits per heavy atom. The first kappa shape index (κ1) is 20.2. The van der Waals surface area contributed by atoms with Gasteiger partial charge < -0.3 is 10.1 Å². The van der Waals surface area contributed by atoms with Crippen molar-refractivity contribution in [1.29, 1.82) is 0 Å². The minimum atomic E-state index is -0.238. The van der Waals surface area contributed by atoms with Crippen molar-refractivity contribution in [3.05, 3.63) is 83.8 Å². The number of aryl methyl sites for hydroxylation is 2. The first-order valence-corrected chi connectivity index (χ1v) is 10.8. The van der Waals surface area contributed by atoms with Gasteiger partial charge >= 0.3 is 0 Å². The van der Waals surface area contributed by atoms with E-state index in [0.717, 1.165) is 40.6 Å². The third-order valence-corrected chi connectivity index (χ3v) is 6.07. The predicted molar refractivity (Wildman–Crippen MR) is 122 cm³/mol. The summed E-state index contributed by atoms with van der Waals surface area (Å²) < 4.78 is 21.7.